The van der Waals surface area contributed by atoms with Gasteiger partial charge in [0.25, 0.3) is 0 Å². The van der Waals surface area contributed by atoms with E-state index >= 15 is 0 Å². The van der Waals surface area contributed by atoms with Crippen molar-refractivity contribution in [3.63, 3.8) is 0 Å². The lowest BCUT2D eigenvalue weighted by atomic mass is 10.0. The lowest BCUT2D eigenvalue weighted by molar-refractivity contribution is -0.143. The SMILES string of the molecule is CCCCCC/C=C\C/C=C\CCCCCCCCCC(=O)OCCCCCCCCCCC/C=C\CCCCCCCC(=O)NC(CO)C(O)/C=C/CCCCCCCCCCCCCCCC. The van der Waals surface area contributed by atoms with Crippen molar-refractivity contribution in [2.75, 3.05) is 13.2 Å². The molecule has 0 heterocycles. The Kier molecular flexibility index (Phi) is 56.5. The van der Waals surface area contributed by atoms with E-state index in [0.29, 0.717) is 19.4 Å². The van der Waals surface area contributed by atoms with Crippen LogP contribution in [0.3, 0.4) is 0 Å². The van der Waals surface area contributed by atoms with Crippen LogP contribution in [0.15, 0.2) is 48.6 Å². The molecular formula is C63H117NO5. The first kappa shape index (κ1) is 66.8. The van der Waals surface area contributed by atoms with Gasteiger partial charge in [0.1, 0.15) is 0 Å². The lowest BCUT2D eigenvalue weighted by Crippen LogP contribution is -2.45. The second-order valence-electron chi connectivity index (χ2n) is 20.7. The molecule has 69 heavy (non-hydrogen) atoms. The lowest BCUT2D eigenvalue weighted by Gasteiger charge is -2.20. The van der Waals surface area contributed by atoms with Crippen molar-refractivity contribution in [2.45, 2.75) is 328 Å². The van der Waals surface area contributed by atoms with Crippen LogP contribution in [0.2, 0.25) is 0 Å². The topological polar surface area (TPSA) is 95.9 Å². The number of unbranched alkanes of at least 4 members (excludes halogenated alkanes) is 39. The van der Waals surface area contributed by atoms with E-state index < -0.39 is 12.1 Å². The standard InChI is InChI=1S/C63H117NO5/c1-3-5-7-9-11-13-15-17-19-21-25-29-33-37-41-45-49-53-57-63(68)69-58-54-50-46-42-38-34-30-26-23-22-24-28-32-36-40-44-48-52-56-62(67)64-60(59-65)61(66)55-51-47-43-39-35-31-27-20-18-16-14-12-10-8-6-4-2/h13,15,19,21,24,28,51,55,60-61,65-66H,3-12,14,16-18,20,22-23,25-27,29-50,52-54,56-59H2,1-2H3,(H,64,67)/b15-13-,21-19-,28-24-,55-51+. The summed E-state index contributed by atoms with van der Waals surface area (Å²) in [5.41, 5.74) is 0. The highest BCUT2D eigenvalue weighted by Crippen LogP contribution is 2.16. The van der Waals surface area contributed by atoms with Gasteiger partial charge in [0, 0.05) is 12.8 Å². The Bertz CT molecular complexity index is 1160. The van der Waals surface area contributed by atoms with Gasteiger partial charge in [0.05, 0.1) is 25.4 Å². The molecule has 0 aromatic carbocycles. The third-order valence-electron chi connectivity index (χ3n) is 13.8. The molecule has 404 valence electrons. The van der Waals surface area contributed by atoms with E-state index in [1.54, 1.807) is 6.08 Å². The van der Waals surface area contributed by atoms with Crippen LogP contribution in [0.5, 0.6) is 0 Å². The zero-order chi connectivity index (χ0) is 50.0. The summed E-state index contributed by atoms with van der Waals surface area (Å²) < 4.78 is 5.48. The quantitative estimate of drug-likeness (QED) is 0.0321. The van der Waals surface area contributed by atoms with Crippen LogP contribution in [0, 0.1) is 0 Å². The molecule has 0 aliphatic heterocycles. The highest BCUT2D eigenvalue weighted by atomic mass is 16.5. The fraction of sp³-hybridized carbons (Fsp3) is 0.841. The van der Waals surface area contributed by atoms with E-state index in [4.69, 9.17) is 4.74 Å². The number of ether oxygens (including phenoxy) is 1. The summed E-state index contributed by atoms with van der Waals surface area (Å²) in [5, 5.41) is 23.1. The van der Waals surface area contributed by atoms with Crippen LogP contribution in [0.25, 0.3) is 0 Å². The number of carbonyl (C=O) groups excluding carboxylic acids is 2. The first-order valence-electron chi connectivity index (χ1n) is 30.4. The predicted molar refractivity (Wildman–Crippen MR) is 301 cm³/mol. The van der Waals surface area contributed by atoms with Crippen LogP contribution >= 0.6 is 0 Å². The first-order chi connectivity index (χ1) is 34.0. The highest BCUT2D eigenvalue weighted by molar-refractivity contribution is 5.76. The highest BCUT2D eigenvalue weighted by Gasteiger charge is 2.18. The number of amides is 1. The minimum Gasteiger partial charge on any atom is -0.466 e. The third kappa shape index (κ3) is 55.0. The summed E-state index contributed by atoms with van der Waals surface area (Å²) in [4.78, 5) is 24.5. The van der Waals surface area contributed by atoms with Crippen LogP contribution < -0.4 is 5.32 Å². The fourth-order valence-corrected chi connectivity index (χ4v) is 9.13. The number of hydrogen-bond donors (Lipinski definition) is 3. The molecule has 6 heteroatoms. The molecule has 0 spiro atoms. The van der Waals surface area contributed by atoms with Crippen LogP contribution in [0.1, 0.15) is 316 Å². The molecule has 0 saturated carbocycles. The second-order valence-corrected chi connectivity index (χ2v) is 20.7. The third-order valence-corrected chi connectivity index (χ3v) is 13.8. The van der Waals surface area contributed by atoms with E-state index in [-0.39, 0.29) is 18.5 Å². The summed E-state index contributed by atoms with van der Waals surface area (Å²) in [7, 11) is 0. The average molecular weight is 969 g/mol. The summed E-state index contributed by atoms with van der Waals surface area (Å²) in [6, 6.07) is -0.639. The number of aliphatic hydroxyl groups excluding tert-OH is 2. The summed E-state index contributed by atoms with van der Waals surface area (Å²) in [6.45, 7) is 4.88. The number of nitrogens with one attached hydrogen (secondary N) is 1. The smallest absolute Gasteiger partial charge is 0.305 e. The number of rotatable bonds is 56. The molecule has 0 aromatic heterocycles. The first-order valence-corrected chi connectivity index (χ1v) is 30.4. The van der Waals surface area contributed by atoms with Gasteiger partial charge in [0.15, 0.2) is 0 Å². The molecule has 6 nitrogen and oxygen atoms in total. The molecule has 0 radical (unpaired) electrons. The van der Waals surface area contributed by atoms with E-state index in [1.807, 2.05) is 6.08 Å². The van der Waals surface area contributed by atoms with Gasteiger partial charge >= 0.3 is 5.97 Å². The van der Waals surface area contributed by atoms with Crippen molar-refractivity contribution < 1.29 is 24.5 Å². The van der Waals surface area contributed by atoms with Gasteiger partial charge in [-0.2, -0.15) is 0 Å². The van der Waals surface area contributed by atoms with Crippen molar-refractivity contribution in [2.24, 2.45) is 0 Å². The van der Waals surface area contributed by atoms with Gasteiger partial charge in [-0.15, -0.1) is 0 Å². The molecule has 1 amide bonds. The maximum atomic E-state index is 12.5. The van der Waals surface area contributed by atoms with Crippen molar-refractivity contribution in [1.29, 1.82) is 0 Å². The molecule has 0 fully saturated rings. The number of aliphatic hydroxyl groups is 2. The molecule has 0 aromatic rings. The van der Waals surface area contributed by atoms with E-state index in [9.17, 15) is 19.8 Å². The largest absolute Gasteiger partial charge is 0.466 e. The molecule has 0 bridgehead atoms. The van der Waals surface area contributed by atoms with E-state index in [1.165, 1.54) is 218 Å². The molecule has 3 N–H and O–H groups in total. The summed E-state index contributed by atoms with van der Waals surface area (Å²) in [6.07, 6.45) is 74.2. The van der Waals surface area contributed by atoms with Gasteiger partial charge in [-0.05, 0) is 89.9 Å². The molecule has 2 atom stereocenters. The molecule has 0 saturated heterocycles. The van der Waals surface area contributed by atoms with Crippen molar-refractivity contribution in [1.82, 2.24) is 5.32 Å². The number of allylic oxidation sites excluding steroid dienone is 7. The number of hydrogen-bond acceptors (Lipinski definition) is 5. The Morgan fingerprint density at radius 1 is 0.406 bits per heavy atom. The Labute approximate surface area is 429 Å². The van der Waals surface area contributed by atoms with Crippen LogP contribution in [-0.4, -0.2) is 47.4 Å². The minimum absolute atomic E-state index is 0.00549. The van der Waals surface area contributed by atoms with Crippen LogP contribution in [-0.2, 0) is 14.3 Å². The monoisotopic (exact) mass is 968 g/mol. The Hall–Kier alpha value is -2.18. The van der Waals surface area contributed by atoms with Crippen LogP contribution in [0.4, 0.5) is 0 Å². The Morgan fingerprint density at radius 2 is 0.725 bits per heavy atom. The number of esters is 1. The number of carbonyl (C=O) groups is 2. The van der Waals surface area contributed by atoms with Crippen molar-refractivity contribution in [3.05, 3.63) is 48.6 Å². The molecule has 2 unspecified atom stereocenters. The zero-order valence-corrected chi connectivity index (χ0v) is 46.0. The predicted octanol–water partition coefficient (Wildman–Crippen LogP) is 19.0. The summed E-state index contributed by atoms with van der Waals surface area (Å²) >= 11 is 0. The van der Waals surface area contributed by atoms with Gasteiger partial charge < -0.3 is 20.3 Å². The molecular weight excluding hydrogens is 851 g/mol. The van der Waals surface area contributed by atoms with E-state index in [2.05, 4.69) is 55.6 Å². The average Bonchev–Trinajstić information content (AvgIpc) is 3.35. The van der Waals surface area contributed by atoms with Gasteiger partial charge in [-0.25, -0.2) is 0 Å². The van der Waals surface area contributed by atoms with Crippen molar-refractivity contribution >= 4 is 11.9 Å². The Morgan fingerprint density at radius 3 is 1.13 bits per heavy atom. The Balaban J connectivity index is 3.47. The minimum atomic E-state index is -0.854. The summed E-state index contributed by atoms with van der Waals surface area (Å²) in [5.74, 6) is -0.0874. The second kappa shape index (κ2) is 58.4. The molecule has 0 rings (SSSR count). The van der Waals surface area contributed by atoms with Crippen molar-refractivity contribution in [3.8, 4) is 0 Å². The van der Waals surface area contributed by atoms with E-state index in [0.717, 1.165) is 70.6 Å². The van der Waals surface area contributed by atoms with Gasteiger partial charge in [-0.1, -0.05) is 262 Å². The fourth-order valence-electron chi connectivity index (χ4n) is 9.13. The zero-order valence-electron chi connectivity index (χ0n) is 46.0. The van der Waals surface area contributed by atoms with Gasteiger partial charge in [-0.3, -0.25) is 9.59 Å². The normalized spacial score (nSPS) is 12.9. The van der Waals surface area contributed by atoms with Gasteiger partial charge in [0.2, 0.25) is 5.91 Å². The maximum absolute atomic E-state index is 12.5. The molecule has 0 aliphatic rings. The maximum Gasteiger partial charge on any atom is 0.305 e. The molecule has 0 aliphatic carbocycles.